The number of anilines is 2. The first kappa shape index (κ1) is 24.3. The Morgan fingerprint density at radius 1 is 1.06 bits per heavy atom. The van der Waals surface area contributed by atoms with Crippen LogP contribution in [-0.4, -0.2) is 48.2 Å². The normalized spacial score (nSPS) is 21.6. The van der Waals surface area contributed by atoms with Gasteiger partial charge >= 0.3 is 6.09 Å². The van der Waals surface area contributed by atoms with Gasteiger partial charge in [-0.05, 0) is 49.4 Å². The van der Waals surface area contributed by atoms with Gasteiger partial charge in [0.05, 0.1) is 27.5 Å². The average molecular weight is 528 g/mol. The van der Waals surface area contributed by atoms with Crippen LogP contribution < -0.4 is 14.9 Å². The molecule has 1 amide bonds. The third kappa shape index (κ3) is 4.83. The number of fused-ring (bicyclic) bond motifs is 1. The molecular weight excluding hydrogens is 502 g/mol. The molecule has 3 atom stereocenters. The molecule has 1 aromatic heterocycles. The van der Waals surface area contributed by atoms with Crippen LogP contribution in [0.5, 0.6) is 0 Å². The number of hydrogen-bond donors (Lipinski definition) is 3. The van der Waals surface area contributed by atoms with Crippen LogP contribution in [0, 0.1) is 0 Å². The minimum atomic E-state index is -3.78. The smallest absolute Gasteiger partial charge is 0.404 e. The Kier molecular flexibility index (Phi) is 6.72. The first-order chi connectivity index (χ1) is 17.3. The van der Waals surface area contributed by atoms with Gasteiger partial charge in [-0.2, -0.15) is 0 Å². The van der Waals surface area contributed by atoms with E-state index in [1.54, 1.807) is 36.4 Å². The van der Waals surface area contributed by atoms with Gasteiger partial charge in [0.15, 0.2) is 0 Å². The monoisotopic (exact) mass is 527 g/mol. The van der Waals surface area contributed by atoms with Gasteiger partial charge in [-0.3, -0.25) is 4.31 Å². The van der Waals surface area contributed by atoms with Crippen molar-refractivity contribution >= 4 is 39.4 Å². The topological polar surface area (TPSA) is 125 Å². The van der Waals surface area contributed by atoms with Crippen LogP contribution in [0.25, 0.3) is 0 Å². The summed E-state index contributed by atoms with van der Waals surface area (Å²) in [5.74, 6) is 0.0146. The maximum absolute atomic E-state index is 13.5. The van der Waals surface area contributed by atoms with Crippen LogP contribution in [0.2, 0.25) is 5.02 Å². The maximum atomic E-state index is 13.5. The van der Waals surface area contributed by atoms with E-state index < -0.39 is 16.1 Å². The molecule has 1 unspecified atom stereocenters. The largest absolute Gasteiger partial charge is 0.465 e. The second-order valence-corrected chi connectivity index (χ2v) is 11.3. The molecule has 2 heterocycles. The lowest BCUT2D eigenvalue weighted by Crippen LogP contribution is -2.41. The lowest BCUT2D eigenvalue weighted by molar-refractivity contribution is 0.185. The Labute approximate surface area is 214 Å². The lowest BCUT2D eigenvalue weighted by atomic mass is 9.91. The van der Waals surface area contributed by atoms with Crippen molar-refractivity contribution in [3.63, 3.8) is 0 Å². The van der Waals surface area contributed by atoms with Gasteiger partial charge in [0.2, 0.25) is 5.95 Å². The van der Waals surface area contributed by atoms with Crippen LogP contribution in [0.15, 0.2) is 65.7 Å². The third-order valence-electron chi connectivity index (χ3n) is 6.70. The molecule has 36 heavy (non-hydrogen) atoms. The van der Waals surface area contributed by atoms with Gasteiger partial charge in [-0.15, -0.1) is 0 Å². The van der Waals surface area contributed by atoms with E-state index in [4.69, 9.17) is 21.7 Å². The minimum absolute atomic E-state index is 0.00967. The summed E-state index contributed by atoms with van der Waals surface area (Å²) in [6.07, 6.45) is 3.67. The summed E-state index contributed by atoms with van der Waals surface area (Å²) in [7, 11) is -3.78. The number of para-hydroxylation sites is 1. The van der Waals surface area contributed by atoms with Crippen molar-refractivity contribution in [2.75, 3.05) is 16.2 Å². The molecule has 11 heteroatoms. The molecule has 0 bridgehead atoms. The summed E-state index contributed by atoms with van der Waals surface area (Å²) < 4.78 is 28.4. The molecule has 2 aromatic carbocycles. The summed E-state index contributed by atoms with van der Waals surface area (Å²) in [6.45, 7) is 0.167. The number of rotatable bonds is 6. The van der Waals surface area contributed by atoms with E-state index in [1.165, 1.54) is 10.5 Å². The summed E-state index contributed by atoms with van der Waals surface area (Å²) in [6, 6.07) is 15.6. The highest BCUT2D eigenvalue weighted by molar-refractivity contribution is 7.92. The Morgan fingerprint density at radius 2 is 1.78 bits per heavy atom. The molecule has 1 saturated carbocycles. The van der Waals surface area contributed by atoms with Crippen molar-refractivity contribution in [3.8, 4) is 0 Å². The number of hydrogen-bond acceptors (Lipinski definition) is 6. The molecule has 0 spiro atoms. The second kappa shape index (κ2) is 9.94. The summed E-state index contributed by atoms with van der Waals surface area (Å²) in [5, 5.41) is 15.3. The van der Waals surface area contributed by atoms with Crippen molar-refractivity contribution in [1.29, 1.82) is 0 Å². The minimum Gasteiger partial charge on any atom is -0.465 e. The van der Waals surface area contributed by atoms with Crippen molar-refractivity contribution < 1.29 is 18.3 Å². The molecule has 188 valence electrons. The number of benzene rings is 2. The van der Waals surface area contributed by atoms with Crippen LogP contribution in [-0.2, 0) is 10.0 Å². The fraction of sp³-hybridized carbons (Fsp3) is 0.320. The number of nitrogens with zero attached hydrogens (tertiary/aromatic N) is 3. The highest BCUT2D eigenvalue weighted by atomic mass is 35.5. The molecule has 5 rings (SSSR count). The predicted molar refractivity (Wildman–Crippen MR) is 137 cm³/mol. The number of carboxylic acid groups (broad SMARTS) is 1. The quantitative estimate of drug-likeness (QED) is 0.432. The van der Waals surface area contributed by atoms with E-state index in [0.717, 1.165) is 24.8 Å². The van der Waals surface area contributed by atoms with E-state index in [0.29, 0.717) is 28.8 Å². The van der Waals surface area contributed by atoms with Crippen molar-refractivity contribution in [3.05, 3.63) is 77.1 Å². The van der Waals surface area contributed by atoms with Gasteiger partial charge in [0.25, 0.3) is 10.0 Å². The number of halogens is 1. The molecular formula is C25H26ClN5O4S. The first-order valence-corrected chi connectivity index (χ1v) is 13.6. The summed E-state index contributed by atoms with van der Waals surface area (Å²) in [5.41, 5.74) is 1.97. The number of sulfonamides is 1. The van der Waals surface area contributed by atoms with Gasteiger partial charge in [0, 0.05) is 24.5 Å². The van der Waals surface area contributed by atoms with E-state index in [-0.39, 0.29) is 29.4 Å². The zero-order valence-electron chi connectivity index (χ0n) is 19.3. The standard InChI is InChI=1S/C25H26ClN5O4S/c26-21-14-27-24(28-16-7-6-8-17(13-16)29-25(32)33)30-23(21)20-15-31(22-12-5-4-11-19(20)22)36(34,35)18-9-2-1-3-10-18/h1-5,9-12,14,16-17,20,29H,6-8,13,15H2,(H,32,33)(H,27,28,30)/t16-,17+,20?/m1/s1. The van der Waals surface area contributed by atoms with E-state index in [1.807, 2.05) is 18.2 Å². The highest BCUT2D eigenvalue weighted by Gasteiger charge is 2.38. The SMILES string of the molecule is O=C(O)N[C@H]1CCC[C@@H](Nc2ncc(Cl)c(C3CN(S(=O)(=O)c4ccccc4)c4ccccc43)n2)C1. The molecule has 3 aromatic rings. The molecule has 1 fully saturated rings. The van der Waals surface area contributed by atoms with Crippen LogP contribution in [0.1, 0.15) is 42.9 Å². The summed E-state index contributed by atoms with van der Waals surface area (Å²) in [4.78, 5) is 20.3. The fourth-order valence-corrected chi connectivity index (χ4v) is 6.81. The van der Waals surface area contributed by atoms with Gasteiger partial charge in [-0.1, -0.05) is 48.0 Å². The average Bonchev–Trinajstić information content (AvgIpc) is 3.26. The molecule has 1 aliphatic carbocycles. The molecule has 1 aliphatic heterocycles. The molecule has 2 aliphatic rings. The maximum Gasteiger partial charge on any atom is 0.404 e. The Bertz CT molecular complexity index is 1370. The number of amides is 1. The van der Waals surface area contributed by atoms with Crippen molar-refractivity contribution in [2.24, 2.45) is 0 Å². The first-order valence-electron chi connectivity index (χ1n) is 11.8. The third-order valence-corrected chi connectivity index (χ3v) is 8.78. The summed E-state index contributed by atoms with van der Waals surface area (Å²) >= 11 is 6.55. The van der Waals surface area contributed by atoms with Crippen molar-refractivity contribution in [1.82, 2.24) is 15.3 Å². The number of nitrogens with one attached hydrogen (secondary N) is 2. The van der Waals surface area contributed by atoms with Gasteiger partial charge in [0.1, 0.15) is 0 Å². The zero-order valence-corrected chi connectivity index (χ0v) is 20.9. The van der Waals surface area contributed by atoms with Gasteiger partial charge in [-0.25, -0.2) is 23.2 Å². The Morgan fingerprint density at radius 3 is 2.56 bits per heavy atom. The van der Waals surface area contributed by atoms with E-state index in [2.05, 4.69) is 15.6 Å². The molecule has 3 N–H and O–H groups in total. The molecule has 0 saturated heterocycles. The van der Waals surface area contributed by atoms with Crippen LogP contribution in [0.3, 0.4) is 0 Å². The number of carbonyl (C=O) groups is 1. The Hall–Kier alpha value is -3.37. The van der Waals surface area contributed by atoms with Gasteiger partial charge < -0.3 is 15.7 Å². The molecule has 0 radical (unpaired) electrons. The van der Waals surface area contributed by atoms with Crippen LogP contribution >= 0.6 is 11.6 Å². The molecule has 9 nitrogen and oxygen atoms in total. The predicted octanol–water partition coefficient (Wildman–Crippen LogP) is 4.46. The van der Waals surface area contributed by atoms with E-state index >= 15 is 0 Å². The van der Waals surface area contributed by atoms with Crippen molar-refractivity contribution in [2.45, 2.75) is 48.6 Å². The van der Waals surface area contributed by atoms with E-state index in [9.17, 15) is 13.2 Å². The Balaban J connectivity index is 1.43. The van der Waals surface area contributed by atoms with Crippen LogP contribution in [0.4, 0.5) is 16.4 Å². The highest BCUT2D eigenvalue weighted by Crippen LogP contribution is 2.43. The zero-order chi connectivity index (χ0) is 25.3. The number of aromatic nitrogens is 2. The lowest BCUT2D eigenvalue weighted by Gasteiger charge is -2.29. The fourth-order valence-electron chi connectivity index (χ4n) is 5.06. The second-order valence-electron chi connectivity index (χ2n) is 9.04.